The molecule has 4 aromatic rings. The Morgan fingerprint density at radius 2 is 1.78 bits per heavy atom. The number of anilines is 3. The molecule has 7 rings (SSSR count). The number of carbonyl (C=O) groups is 6. The van der Waals surface area contributed by atoms with Gasteiger partial charge in [-0.2, -0.15) is 13.2 Å². The molecule has 0 bridgehead atoms. The number of carbonyl (C=O) groups excluding carboxylic acids is 6. The van der Waals surface area contributed by atoms with E-state index in [9.17, 15) is 41.9 Å². The first-order chi connectivity index (χ1) is 29.8. The predicted molar refractivity (Wildman–Crippen MR) is 223 cm³/mol. The van der Waals surface area contributed by atoms with Crippen molar-refractivity contribution in [1.29, 1.82) is 0 Å². The fourth-order valence-corrected chi connectivity index (χ4v) is 7.69. The number of nitrogens with one attached hydrogen (secondary N) is 4. The molecule has 1 saturated carbocycles. The van der Waals surface area contributed by atoms with Gasteiger partial charge in [-0.25, -0.2) is 9.97 Å². The zero-order valence-corrected chi connectivity index (χ0v) is 34.9. The molecule has 3 aromatic carbocycles. The van der Waals surface area contributed by atoms with E-state index in [0.717, 1.165) is 29.9 Å². The number of nitrogens with zero attached hydrogens (tertiary/aromatic N) is 4. The van der Waals surface area contributed by atoms with E-state index >= 15 is 0 Å². The van der Waals surface area contributed by atoms with Crippen LogP contribution in [0, 0.1) is 12.3 Å². The minimum atomic E-state index is -4.57. The molecule has 0 radical (unpaired) electrons. The quantitative estimate of drug-likeness (QED) is 0.0780. The monoisotopic (exact) mass is 873 g/mol. The van der Waals surface area contributed by atoms with Gasteiger partial charge in [0.05, 0.1) is 48.5 Å². The number of hydrogen-bond acceptors (Lipinski definition) is 13. The molecule has 3 heterocycles. The highest BCUT2D eigenvalue weighted by atomic mass is 19.4. The molecule has 63 heavy (non-hydrogen) atoms. The lowest BCUT2D eigenvalue weighted by atomic mass is 10.0. The van der Waals surface area contributed by atoms with Gasteiger partial charge < -0.3 is 36.1 Å². The topological polar surface area (TPSA) is 227 Å². The van der Waals surface area contributed by atoms with Gasteiger partial charge in [-0.05, 0) is 81.1 Å². The zero-order valence-electron chi connectivity index (χ0n) is 34.9. The molecule has 332 valence electrons. The molecule has 20 heteroatoms. The van der Waals surface area contributed by atoms with E-state index in [1.807, 2.05) is 0 Å². The third-order valence-electron chi connectivity index (χ3n) is 11.3. The van der Waals surface area contributed by atoms with E-state index in [0.29, 0.717) is 51.8 Å². The fourth-order valence-electron chi connectivity index (χ4n) is 7.69. The maximum atomic E-state index is 13.5. The first kappa shape index (κ1) is 44.1. The van der Waals surface area contributed by atoms with Gasteiger partial charge in [-0.3, -0.25) is 39.0 Å². The van der Waals surface area contributed by atoms with Crippen molar-refractivity contribution < 1.29 is 51.4 Å². The Morgan fingerprint density at radius 3 is 2.48 bits per heavy atom. The van der Waals surface area contributed by atoms with E-state index in [4.69, 9.17) is 15.2 Å². The summed E-state index contributed by atoms with van der Waals surface area (Å²) < 4.78 is 52.6. The van der Waals surface area contributed by atoms with Crippen molar-refractivity contribution in [3.8, 4) is 11.5 Å². The Labute approximate surface area is 359 Å². The summed E-state index contributed by atoms with van der Waals surface area (Å²) in [7, 11) is 3.18. The molecule has 6 N–H and O–H groups in total. The van der Waals surface area contributed by atoms with Crippen molar-refractivity contribution in [1.82, 2.24) is 30.4 Å². The average Bonchev–Trinajstić information content (AvgIpc) is 3.95. The van der Waals surface area contributed by atoms with E-state index < -0.39 is 53.4 Å². The smallest absolute Gasteiger partial charge is 0.416 e. The van der Waals surface area contributed by atoms with Crippen LogP contribution < -0.4 is 36.5 Å². The Kier molecular flexibility index (Phi) is 12.2. The lowest BCUT2D eigenvalue weighted by Gasteiger charge is -2.27. The Hall–Kier alpha value is -6.99. The van der Waals surface area contributed by atoms with Gasteiger partial charge in [0.15, 0.2) is 11.5 Å². The summed E-state index contributed by atoms with van der Waals surface area (Å²) in [6.07, 6.45) is -2.90. The molecule has 1 aliphatic carbocycles. The number of rotatable bonds is 16. The molecular weight excluding hydrogens is 828 g/mol. The van der Waals surface area contributed by atoms with Crippen LogP contribution in [0.3, 0.4) is 0 Å². The van der Waals surface area contributed by atoms with Crippen molar-refractivity contribution in [2.24, 2.45) is 5.41 Å². The number of aromatic nitrogens is 2. The zero-order chi connectivity index (χ0) is 45.4. The number of nitrogens with two attached hydrogens (primary N) is 1. The summed E-state index contributed by atoms with van der Waals surface area (Å²) >= 11 is 0. The number of ether oxygens (including phenoxy) is 2. The van der Waals surface area contributed by atoms with Gasteiger partial charge in [0.25, 0.3) is 11.8 Å². The molecule has 1 saturated heterocycles. The van der Waals surface area contributed by atoms with Crippen LogP contribution in [0.2, 0.25) is 0 Å². The summed E-state index contributed by atoms with van der Waals surface area (Å²) in [5.41, 5.74) is 6.03. The van der Waals surface area contributed by atoms with Crippen molar-refractivity contribution in [3.63, 3.8) is 0 Å². The summed E-state index contributed by atoms with van der Waals surface area (Å²) in [6, 6.07) is 9.51. The molecule has 0 spiro atoms. The summed E-state index contributed by atoms with van der Waals surface area (Å²) in [4.78, 5) is 87.3. The minimum absolute atomic E-state index is 0.00373. The summed E-state index contributed by atoms with van der Waals surface area (Å²) in [5, 5.41) is 11.5. The number of piperidine rings is 1. The van der Waals surface area contributed by atoms with Crippen molar-refractivity contribution in [3.05, 3.63) is 76.6 Å². The van der Waals surface area contributed by atoms with Crippen LogP contribution in [0.1, 0.15) is 82.7 Å². The third kappa shape index (κ3) is 9.74. The minimum Gasteiger partial charge on any atom is -0.493 e. The maximum Gasteiger partial charge on any atom is 0.416 e. The third-order valence-corrected chi connectivity index (χ3v) is 11.3. The van der Waals surface area contributed by atoms with Crippen LogP contribution in [0.5, 0.6) is 11.5 Å². The highest BCUT2D eigenvalue weighted by molar-refractivity contribution is 6.23. The molecule has 2 fully saturated rings. The Balaban J connectivity index is 0.904. The van der Waals surface area contributed by atoms with Crippen LogP contribution in [0.25, 0.3) is 10.9 Å². The summed E-state index contributed by atoms with van der Waals surface area (Å²) in [6.45, 7) is 3.93. The number of benzene rings is 3. The van der Waals surface area contributed by atoms with Gasteiger partial charge in [0, 0.05) is 61.2 Å². The van der Waals surface area contributed by atoms with E-state index in [1.54, 1.807) is 37.9 Å². The van der Waals surface area contributed by atoms with Gasteiger partial charge in [0.1, 0.15) is 17.7 Å². The number of hydrogen-bond donors (Lipinski definition) is 5. The number of amides is 6. The molecule has 6 amide bonds. The molecule has 17 nitrogen and oxygen atoms in total. The first-order valence-electron chi connectivity index (χ1n) is 20.2. The second kappa shape index (κ2) is 17.4. The van der Waals surface area contributed by atoms with E-state index in [-0.39, 0.29) is 67.1 Å². The predicted octanol–water partition coefficient (Wildman–Crippen LogP) is 4.36. The van der Waals surface area contributed by atoms with Gasteiger partial charge in [-0.1, -0.05) is 0 Å². The molecule has 1 aromatic heterocycles. The van der Waals surface area contributed by atoms with Crippen LogP contribution in [0.15, 0.2) is 48.5 Å². The van der Waals surface area contributed by atoms with Gasteiger partial charge in [0.2, 0.25) is 23.6 Å². The lowest BCUT2D eigenvalue weighted by molar-refractivity contribution is -0.138. The SMILES string of the molecule is COc1cc2nc(C)nc(N[C@H](C)c3cc(N)cc(C(F)(F)F)c3)c2cc1OCC1(CN(C)C(=O)CCNC(=O)CNc2ccc3c(c2)C(=O)N(C2CCC(=O)NC2=O)C3=O)CC1. The van der Waals surface area contributed by atoms with Crippen molar-refractivity contribution in [2.45, 2.75) is 64.2 Å². The highest BCUT2D eigenvalue weighted by Gasteiger charge is 2.46. The Bertz CT molecular complexity index is 2530. The second-order valence-corrected chi connectivity index (χ2v) is 16.1. The first-order valence-corrected chi connectivity index (χ1v) is 20.2. The van der Waals surface area contributed by atoms with E-state index in [2.05, 4.69) is 31.2 Å². The number of fused-ring (bicyclic) bond motifs is 2. The van der Waals surface area contributed by atoms with Crippen LogP contribution >= 0.6 is 0 Å². The maximum absolute atomic E-state index is 13.5. The number of imide groups is 2. The molecular formula is C43H46F3N9O8. The molecule has 2 atom stereocenters. The molecule has 3 aliphatic rings. The number of alkyl halides is 3. The van der Waals surface area contributed by atoms with Gasteiger partial charge >= 0.3 is 6.18 Å². The van der Waals surface area contributed by atoms with Crippen LogP contribution in [-0.4, -0.2) is 102 Å². The second-order valence-electron chi connectivity index (χ2n) is 16.1. The Morgan fingerprint density at radius 1 is 1.03 bits per heavy atom. The normalized spacial score (nSPS) is 17.2. The van der Waals surface area contributed by atoms with Crippen molar-refractivity contribution in [2.75, 3.05) is 56.8 Å². The number of halogens is 3. The number of methoxy groups -OCH3 is 1. The van der Waals surface area contributed by atoms with Gasteiger partial charge in [-0.15, -0.1) is 0 Å². The molecule has 1 unspecified atom stereocenters. The van der Waals surface area contributed by atoms with E-state index in [1.165, 1.54) is 31.4 Å². The van der Waals surface area contributed by atoms with Crippen molar-refractivity contribution >= 4 is 63.5 Å². The van der Waals surface area contributed by atoms with Crippen LogP contribution in [-0.2, 0) is 25.4 Å². The fraction of sp³-hybridized carbons (Fsp3) is 0.395. The highest BCUT2D eigenvalue weighted by Crippen LogP contribution is 2.47. The average molecular weight is 874 g/mol. The molecule has 2 aliphatic heterocycles. The largest absolute Gasteiger partial charge is 0.493 e. The summed E-state index contributed by atoms with van der Waals surface area (Å²) in [5.74, 6) is -1.49. The standard InChI is InChI=1S/C43H46F3N9O8/c1-22(24-13-25(43(44,45)46)15-26(47)14-24)50-38-30-17-34(33(62-4)18-31(30)51-23(2)52-38)63-21-42(10-11-42)20-54(3)37(58)9-12-48-36(57)19-49-27-5-6-28-29(16-27)41(61)55(40(28)60)32-7-8-35(56)53-39(32)59/h5-6,13-18,22,32,49H,7-12,19-21,47H2,1-4H3,(H,48,57)(H,50,51,52)(H,53,56,59)/t22-,32?/m1/s1. The number of nitrogen functional groups attached to an aromatic ring is 1. The lowest BCUT2D eigenvalue weighted by Crippen LogP contribution is -2.54. The van der Waals surface area contributed by atoms with Crippen LogP contribution in [0.4, 0.5) is 30.4 Å². The number of aryl methyl sites for hydroxylation is 1.